The molecule has 5 nitrogen and oxygen atoms in total. The number of rotatable bonds is 16. The van der Waals surface area contributed by atoms with E-state index in [1.807, 2.05) is 0 Å². The summed E-state index contributed by atoms with van der Waals surface area (Å²) in [5, 5.41) is 12.0. The van der Waals surface area contributed by atoms with Gasteiger partial charge >= 0.3 is 5.97 Å². The van der Waals surface area contributed by atoms with Crippen molar-refractivity contribution in [3.63, 3.8) is 0 Å². The summed E-state index contributed by atoms with van der Waals surface area (Å²) in [5.74, 6) is -0.689. The van der Waals surface area contributed by atoms with Crippen molar-refractivity contribution in [3.05, 3.63) is 12.2 Å². The third-order valence-electron chi connectivity index (χ3n) is 4.30. The largest absolute Gasteiger partial charge is 0.480 e. The van der Waals surface area contributed by atoms with Crippen molar-refractivity contribution in [1.82, 2.24) is 10.2 Å². The summed E-state index contributed by atoms with van der Waals surface area (Å²) < 4.78 is 0. The fourth-order valence-electron chi connectivity index (χ4n) is 2.69. The first-order chi connectivity index (χ1) is 12.0. The van der Waals surface area contributed by atoms with Gasteiger partial charge in [0.05, 0.1) is 0 Å². The van der Waals surface area contributed by atoms with Crippen LogP contribution in [0.5, 0.6) is 0 Å². The van der Waals surface area contributed by atoms with Gasteiger partial charge in [0, 0.05) is 13.0 Å². The molecule has 5 heteroatoms. The summed E-state index contributed by atoms with van der Waals surface area (Å²) in [6, 6.07) is -0.440. The lowest BCUT2D eigenvalue weighted by molar-refractivity contribution is -0.142. The molecule has 0 rings (SSSR count). The molecule has 1 amide bonds. The Morgan fingerprint density at radius 1 is 1.00 bits per heavy atom. The van der Waals surface area contributed by atoms with Gasteiger partial charge in [-0.15, -0.1) is 0 Å². The van der Waals surface area contributed by atoms with Crippen LogP contribution < -0.4 is 5.32 Å². The van der Waals surface area contributed by atoms with Crippen LogP contribution in [0.2, 0.25) is 0 Å². The van der Waals surface area contributed by atoms with Gasteiger partial charge in [-0.1, -0.05) is 38.3 Å². The number of allylic oxidation sites excluding steroid dienone is 2. The van der Waals surface area contributed by atoms with Gasteiger partial charge in [-0.3, -0.25) is 14.5 Å². The number of carboxylic acid groups (broad SMARTS) is 1. The number of hydrogen-bond acceptors (Lipinski definition) is 3. The third-order valence-corrected chi connectivity index (χ3v) is 4.30. The van der Waals surface area contributed by atoms with Crippen molar-refractivity contribution in [2.45, 2.75) is 83.6 Å². The summed E-state index contributed by atoms with van der Waals surface area (Å²) in [6.07, 6.45) is 15.4. The van der Waals surface area contributed by atoms with Gasteiger partial charge in [0.1, 0.15) is 6.04 Å². The molecule has 2 N–H and O–H groups in total. The standard InChI is InChI=1S/C20H38N2O3/c1-4-5-6-7-8-9-10-11-12-16-19(23)21-17-14-13-15-18(20(24)25)22(2)3/h9-10,18H,4-8,11-17H2,1-3H3,(H,21,23)(H,24,25)/b10-9+/t18-/m0/s1. The minimum absolute atomic E-state index is 0.0961. The maximum atomic E-state index is 11.7. The summed E-state index contributed by atoms with van der Waals surface area (Å²) in [5.41, 5.74) is 0. The first-order valence-corrected chi connectivity index (χ1v) is 9.80. The second kappa shape index (κ2) is 16.1. The molecule has 0 unspecified atom stereocenters. The SMILES string of the molecule is CCCCCC/C=C/CCCC(=O)NCCCC[C@@H](C(=O)O)N(C)C. The Balaban J connectivity index is 3.53. The second-order valence-electron chi connectivity index (χ2n) is 6.88. The second-order valence-corrected chi connectivity index (χ2v) is 6.88. The molecule has 0 heterocycles. The van der Waals surface area contributed by atoms with Crippen molar-refractivity contribution in [3.8, 4) is 0 Å². The van der Waals surface area contributed by atoms with Gasteiger partial charge in [0.2, 0.25) is 5.91 Å². The highest BCUT2D eigenvalue weighted by Crippen LogP contribution is 2.06. The predicted octanol–water partition coefficient (Wildman–Crippen LogP) is 3.98. The van der Waals surface area contributed by atoms with E-state index in [-0.39, 0.29) is 5.91 Å². The van der Waals surface area contributed by atoms with E-state index in [1.165, 1.54) is 25.7 Å². The quantitative estimate of drug-likeness (QED) is 0.325. The topological polar surface area (TPSA) is 69.6 Å². The van der Waals surface area contributed by atoms with Gasteiger partial charge in [-0.05, 0) is 59.0 Å². The van der Waals surface area contributed by atoms with E-state index in [4.69, 9.17) is 5.11 Å². The molecule has 1 atom stereocenters. The Kier molecular flexibility index (Phi) is 15.2. The van der Waals surface area contributed by atoms with Gasteiger partial charge in [0.25, 0.3) is 0 Å². The number of carboxylic acids is 1. The zero-order valence-electron chi connectivity index (χ0n) is 16.4. The van der Waals surface area contributed by atoms with E-state index in [1.54, 1.807) is 19.0 Å². The van der Waals surface area contributed by atoms with Gasteiger partial charge in [-0.25, -0.2) is 0 Å². The van der Waals surface area contributed by atoms with Crippen molar-refractivity contribution < 1.29 is 14.7 Å². The molecule has 0 aromatic carbocycles. The molecule has 0 saturated heterocycles. The monoisotopic (exact) mass is 354 g/mol. The smallest absolute Gasteiger partial charge is 0.320 e. The summed E-state index contributed by atoms with van der Waals surface area (Å²) in [7, 11) is 3.56. The van der Waals surface area contributed by atoms with Crippen molar-refractivity contribution in [2.75, 3.05) is 20.6 Å². The highest BCUT2D eigenvalue weighted by Gasteiger charge is 2.18. The number of nitrogens with one attached hydrogen (secondary N) is 1. The molecule has 0 fully saturated rings. The van der Waals surface area contributed by atoms with Crippen LogP contribution in [0.4, 0.5) is 0 Å². The molecular weight excluding hydrogens is 316 g/mol. The normalized spacial score (nSPS) is 12.6. The van der Waals surface area contributed by atoms with Crippen molar-refractivity contribution >= 4 is 11.9 Å². The van der Waals surface area contributed by atoms with Crippen LogP contribution in [0.25, 0.3) is 0 Å². The van der Waals surface area contributed by atoms with E-state index < -0.39 is 12.0 Å². The van der Waals surface area contributed by atoms with E-state index >= 15 is 0 Å². The molecule has 0 aliphatic carbocycles. The van der Waals surface area contributed by atoms with Crippen LogP contribution in [-0.4, -0.2) is 48.6 Å². The van der Waals surface area contributed by atoms with Crippen molar-refractivity contribution in [2.24, 2.45) is 0 Å². The van der Waals surface area contributed by atoms with E-state index in [0.29, 0.717) is 19.4 Å². The molecule has 0 saturated carbocycles. The number of carbonyl (C=O) groups is 2. The maximum Gasteiger partial charge on any atom is 0.320 e. The number of carbonyl (C=O) groups excluding carboxylic acids is 1. The number of amides is 1. The van der Waals surface area contributed by atoms with Crippen LogP contribution in [0.15, 0.2) is 12.2 Å². The first-order valence-electron chi connectivity index (χ1n) is 9.80. The van der Waals surface area contributed by atoms with E-state index in [2.05, 4.69) is 24.4 Å². The number of likely N-dealkylation sites (N-methyl/N-ethyl adjacent to an activating group) is 1. The average molecular weight is 355 g/mol. The lowest BCUT2D eigenvalue weighted by Crippen LogP contribution is -2.35. The van der Waals surface area contributed by atoms with Gasteiger partial charge < -0.3 is 10.4 Å². The van der Waals surface area contributed by atoms with Gasteiger partial charge in [0.15, 0.2) is 0 Å². The van der Waals surface area contributed by atoms with Crippen LogP contribution in [0.1, 0.15) is 77.6 Å². The molecule has 0 aromatic heterocycles. The van der Waals surface area contributed by atoms with Gasteiger partial charge in [-0.2, -0.15) is 0 Å². The number of aliphatic carboxylic acids is 1. The van der Waals surface area contributed by atoms with Crippen LogP contribution in [0, 0.1) is 0 Å². The maximum absolute atomic E-state index is 11.7. The van der Waals surface area contributed by atoms with Crippen LogP contribution in [-0.2, 0) is 9.59 Å². The zero-order valence-corrected chi connectivity index (χ0v) is 16.4. The fourth-order valence-corrected chi connectivity index (χ4v) is 2.69. The Hall–Kier alpha value is -1.36. The Bertz CT molecular complexity index is 381. The molecule has 146 valence electrons. The molecule has 0 bridgehead atoms. The zero-order chi connectivity index (χ0) is 18.9. The fraction of sp³-hybridized carbons (Fsp3) is 0.800. The van der Waals surface area contributed by atoms with E-state index in [9.17, 15) is 9.59 Å². The number of hydrogen-bond donors (Lipinski definition) is 2. The first kappa shape index (κ1) is 23.6. The minimum atomic E-state index is -0.785. The highest BCUT2D eigenvalue weighted by molar-refractivity contribution is 5.75. The third kappa shape index (κ3) is 14.7. The Morgan fingerprint density at radius 2 is 1.68 bits per heavy atom. The van der Waals surface area contributed by atoms with Crippen molar-refractivity contribution in [1.29, 1.82) is 0 Å². The molecule has 0 spiro atoms. The summed E-state index contributed by atoms with van der Waals surface area (Å²) >= 11 is 0. The predicted molar refractivity (Wildman–Crippen MR) is 104 cm³/mol. The van der Waals surface area contributed by atoms with E-state index in [0.717, 1.165) is 32.1 Å². The van der Waals surface area contributed by atoms with Crippen LogP contribution in [0.3, 0.4) is 0 Å². The molecule has 0 aromatic rings. The molecular formula is C20H38N2O3. The Morgan fingerprint density at radius 3 is 2.28 bits per heavy atom. The molecule has 0 radical (unpaired) electrons. The lowest BCUT2D eigenvalue weighted by Gasteiger charge is -2.19. The molecule has 25 heavy (non-hydrogen) atoms. The number of nitrogens with zero attached hydrogens (tertiary/aromatic N) is 1. The lowest BCUT2D eigenvalue weighted by atomic mass is 10.1. The summed E-state index contributed by atoms with van der Waals surface area (Å²) in [6.45, 7) is 2.85. The number of unbranched alkanes of at least 4 members (excludes halogenated alkanes) is 6. The molecule has 0 aliphatic rings. The minimum Gasteiger partial charge on any atom is -0.480 e. The average Bonchev–Trinajstić information content (AvgIpc) is 2.55. The highest BCUT2D eigenvalue weighted by atomic mass is 16.4. The van der Waals surface area contributed by atoms with Crippen LogP contribution >= 0.6 is 0 Å². The Labute approximate surface area is 153 Å². The molecule has 0 aliphatic heterocycles. The summed E-state index contributed by atoms with van der Waals surface area (Å²) in [4.78, 5) is 24.5.